The van der Waals surface area contributed by atoms with Crippen molar-refractivity contribution in [1.29, 1.82) is 0 Å². The van der Waals surface area contributed by atoms with Gasteiger partial charge in [0.2, 0.25) is 0 Å². The molecule has 3 aromatic carbocycles. The molecule has 180 valence electrons. The number of fused-ring (bicyclic) bond motifs is 1. The fourth-order valence-electron chi connectivity index (χ4n) is 3.74. The van der Waals surface area contributed by atoms with Crippen molar-refractivity contribution < 1.29 is 28.2 Å². The van der Waals surface area contributed by atoms with Crippen molar-refractivity contribution in [2.45, 2.75) is 20.0 Å². The number of anilines is 1. The lowest BCUT2D eigenvalue weighted by Crippen LogP contribution is -2.10. The molecular weight excluding hydrogens is 456 g/mol. The van der Waals surface area contributed by atoms with E-state index >= 15 is 0 Å². The quantitative estimate of drug-likeness (QED) is 0.304. The van der Waals surface area contributed by atoms with Crippen LogP contribution in [0.2, 0.25) is 0 Å². The highest BCUT2D eigenvalue weighted by molar-refractivity contribution is 5.92. The van der Waals surface area contributed by atoms with E-state index in [2.05, 4.69) is 15.3 Å². The van der Waals surface area contributed by atoms with Gasteiger partial charge < -0.3 is 19.9 Å². The molecule has 0 bridgehead atoms. The number of carboxylic acids is 1. The molecular formula is C26H23F2N3O4. The molecule has 1 aromatic heterocycles. The summed E-state index contributed by atoms with van der Waals surface area (Å²) < 4.78 is 36.1. The molecule has 0 aliphatic heterocycles. The Kier molecular flexibility index (Phi) is 7.35. The lowest BCUT2D eigenvalue weighted by atomic mass is 10.0. The van der Waals surface area contributed by atoms with Crippen LogP contribution in [-0.2, 0) is 6.42 Å². The lowest BCUT2D eigenvalue weighted by molar-refractivity contribution is -0.0503. The topological polar surface area (TPSA) is 93.6 Å². The second kappa shape index (κ2) is 10.8. The van der Waals surface area contributed by atoms with Crippen LogP contribution in [0.25, 0.3) is 22.0 Å². The number of benzene rings is 3. The van der Waals surface area contributed by atoms with Gasteiger partial charge in [-0.2, -0.15) is 8.78 Å². The minimum absolute atomic E-state index is 0.0696. The summed E-state index contributed by atoms with van der Waals surface area (Å²) in [4.78, 5) is 19.9. The average molecular weight is 479 g/mol. The maximum Gasteiger partial charge on any atom is 0.387 e. The predicted molar refractivity (Wildman–Crippen MR) is 128 cm³/mol. The van der Waals surface area contributed by atoms with E-state index in [1.807, 2.05) is 30.3 Å². The van der Waals surface area contributed by atoms with E-state index in [0.717, 1.165) is 10.8 Å². The van der Waals surface area contributed by atoms with Gasteiger partial charge in [-0.25, -0.2) is 14.8 Å². The van der Waals surface area contributed by atoms with Crippen LogP contribution in [0, 0.1) is 0 Å². The van der Waals surface area contributed by atoms with Gasteiger partial charge in [0, 0.05) is 18.2 Å². The Labute approximate surface area is 200 Å². The molecule has 7 nitrogen and oxygen atoms in total. The molecule has 4 aromatic rings. The van der Waals surface area contributed by atoms with Crippen molar-refractivity contribution in [3.05, 3.63) is 78.1 Å². The van der Waals surface area contributed by atoms with E-state index in [-0.39, 0.29) is 17.1 Å². The zero-order chi connectivity index (χ0) is 24.8. The van der Waals surface area contributed by atoms with Crippen LogP contribution in [0.4, 0.5) is 14.6 Å². The number of hydrogen-bond donors (Lipinski definition) is 2. The highest BCUT2D eigenvalue weighted by atomic mass is 19.3. The molecule has 9 heteroatoms. The van der Waals surface area contributed by atoms with Crippen LogP contribution < -0.4 is 14.8 Å². The molecule has 0 saturated heterocycles. The van der Waals surface area contributed by atoms with Gasteiger partial charge in [-0.1, -0.05) is 30.3 Å². The smallest absolute Gasteiger partial charge is 0.387 e. The van der Waals surface area contributed by atoms with Crippen molar-refractivity contribution in [2.24, 2.45) is 0 Å². The molecule has 0 atom stereocenters. The number of rotatable bonds is 10. The molecule has 2 N–H and O–H groups in total. The maximum absolute atomic E-state index is 12.9. The summed E-state index contributed by atoms with van der Waals surface area (Å²) >= 11 is 0. The Morgan fingerprint density at radius 3 is 2.51 bits per heavy atom. The fraction of sp³-hybridized carbons (Fsp3) is 0.192. The normalized spacial score (nSPS) is 11.0. The van der Waals surface area contributed by atoms with Gasteiger partial charge in [0.15, 0.2) is 0 Å². The summed E-state index contributed by atoms with van der Waals surface area (Å²) in [6.45, 7) is -0.400. The first-order chi connectivity index (χ1) is 16.9. The minimum Gasteiger partial charge on any atom is -0.493 e. The van der Waals surface area contributed by atoms with Crippen LogP contribution >= 0.6 is 0 Å². The number of aromatic nitrogens is 2. The van der Waals surface area contributed by atoms with Crippen molar-refractivity contribution in [1.82, 2.24) is 9.97 Å². The summed E-state index contributed by atoms with van der Waals surface area (Å²) in [6, 6.07) is 17.4. The number of alkyl halides is 2. The highest BCUT2D eigenvalue weighted by Crippen LogP contribution is 2.29. The minimum atomic E-state index is -2.92. The fourth-order valence-corrected chi connectivity index (χ4v) is 3.74. The van der Waals surface area contributed by atoms with E-state index in [9.17, 15) is 18.7 Å². The first kappa shape index (κ1) is 23.9. The Bertz CT molecular complexity index is 1350. The first-order valence-corrected chi connectivity index (χ1v) is 11.0. The lowest BCUT2D eigenvalue weighted by Gasteiger charge is -2.13. The molecule has 0 aliphatic rings. The molecule has 0 unspecified atom stereocenters. The third-order valence-electron chi connectivity index (χ3n) is 5.32. The number of ether oxygens (including phenoxy) is 2. The second-order valence-corrected chi connectivity index (χ2v) is 7.60. The number of aromatic carboxylic acids is 1. The molecule has 35 heavy (non-hydrogen) atoms. The molecule has 0 fully saturated rings. The van der Waals surface area contributed by atoms with Crippen molar-refractivity contribution in [2.75, 3.05) is 18.5 Å². The number of halogens is 2. The Morgan fingerprint density at radius 1 is 1.03 bits per heavy atom. The number of carboxylic acid groups (broad SMARTS) is 1. The van der Waals surface area contributed by atoms with Crippen molar-refractivity contribution >= 4 is 22.6 Å². The van der Waals surface area contributed by atoms with Crippen molar-refractivity contribution in [3.8, 4) is 22.8 Å². The third kappa shape index (κ3) is 5.81. The maximum atomic E-state index is 12.9. The standard InChI is InChI=1S/C26H23F2N3O4/c1-2-34-23-13-18(7-8-20(23)25(32)33)21-14-24(31-15-30-21)29-10-9-19-11-16-5-3-4-6-17(16)12-22(19)35-26(27)28/h3-8,11-15,26H,2,9-10H2,1H3,(H,32,33)(H,29,30,31). The van der Waals surface area contributed by atoms with E-state index in [4.69, 9.17) is 9.47 Å². The highest BCUT2D eigenvalue weighted by Gasteiger charge is 2.14. The average Bonchev–Trinajstić information content (AvgIpc) is 2.84. The summed E-state index contributed by atoms with van der Waals surface area (Å²) in [5, 5.41) is 14.3. The van der Waals surface area contributed by atoms with E-state index in [1.165, 1.54) is 12.4 Å². The molecule has 1 heterocycles. The van der Waals surface area contributed by atoms with Gasteiger partial charge in [-0.05, 0) is 53.9 Å². The Morgan fingerprint density at radius 2 is 1.80 bits per heavy atom. The monoisotopic (exact) mass is 479 g/mol. The van der Waals surface area contributed by atoms with Crippen LogP contribution in [-0.4, -0.2) is 40.8 Å². The van der Waals surface area contributed by atoms with Gasteiger partial charge >= 0.3 is 12.6 Å². The zero-order valence-electron chi connectivity index (χ0n) is 18.9. The third-order valence-corrected chi connectivity index (χ3v) is 5.32. The van der Waals surface area contributed by atoms with Crippen LogP contribution in [0.1, 0.15) is 22.8 Å². The predicted octanol–water partition coefficient (Wildman–Crippen LogP) is 5.65. The first-order valence-electron chi connectivity index (χ1n) is 11.0. The van der Waals surface area contributed by atoms with Crippen LogP contribution in [0.3, 0.4) is 0 Å². The molecule has 0 aliphatic carbocycles. The van der Waals surface area contributed by atoms with Gasteiger partial charge in [-0.15, -0.1) is 0 Å². The van der Waals surface area contributed by atoms with Gasteiger partial charge in [0.25, 0.3) is 0 Å². The molecule has 0 saturated carbocycles. The summed E-state index contributed by atoms with van der Waals surface area (Å²) in [5.41, 5.74) is 1.97. The summed E-state index contributed by atoms with van der Waals surface area (Å²) in [6.07, 6.45) is 1.82. The van der Waals surface area contributed by atoms with E-state index in [0.29, 0.717) is 42.2 Å². The van der Waals surface area contributed by atoms with Gasteiger partial charge in [-0.3, -0.25) is 0 Å². The largest absolute Gasteiger partial charge is 0.493 e. The zero-order valence-corrected chi connectivity index (χ0v) is 18.9. The molecule has 0 amide bonds. The SMILES string of the molecule is CCOc1cc(-c2cc(NCCc3cc4ccccc4cc3OC(F)F)ncn2)ccc1C(=O)O. The number of hydrogen-bond acceptors (Lipinski definition) is 6. The van der Waals surface area contributed by atoms with Gasteiger partial charge in [0.05, 0.1) is 12.3 Å². The van der Waals surface area contributed by atoms with Crippen molar-refractivity contribution in [3.63, 3.8) is 0 Å². The number of carbonyl (C=O) groups is 1. The summed E-state index contributed by atoms with van der Waals surface area (Å²) in [5.74, 6) is -0.138. The number of nitrogens with one attached hydrogen (secondary N) is 1. The van der Waals surface area contributed by atoms with E-state index < -0.39 is 12.6 Å². The molecule has 4 rings (SSSR count). The second-order valence-electron chi connectivity index (χ2n) is 7.60. The molecule has 0 spiro atoms. The van der Waals surface area contributed by atoms with Gasteiger partial charge in [0.1, 0.15) is 29.2 Å². The Balaban J connectivity index is 1.51. The summed E-state index contributed by atoms with van der Waals surface area (Å²) in [7, 11) is 0. The molecule has 0 radical (unpaired) electrons. The number of nitrogens with zero attached hydrogens (tertiary/aromatic N) is 2. The van der Waals surface area contributed by atoms with Crippen LogP contribution in [0.15, 0.2) is 67.0 Å². The van der Waals surface area contributed by atoms with Crippen LogP contribution in [0.5, 0.6) is 11.5 Å². The van der Waals surface area contributed by atoms with E-state index in [1.54, 1.807) is 31.2 Å². The Hall–Kier alpha value is -4.27.